The Morgan fingerprint density at radius 2 is 2.55 bits per heavy atom. The van der Waals surface area contributed by atoms with Crippen LogP contribution in [0.2, 0.25) is 0 Å². The second-order valence-electron chi connectivity index (χ2n) is 2.57. The van der Waals surface area contributed by atoms with Crippen molar-refractivity contribution >= 4 is 17.8 Å². The second kappa shape index (κ2) is 4.49. The quantitative estimate of drug-likeness (QED) is 0.628. The predicted octanol–water partition coefficient (Wildman–Crippen LogP) is 1.16. The zero-order valence-electron chi connectivity index (χ0n) is 6.72. The minimum Gasteiger partial charge on any atom is -0.335 e. The lowest BCUT2D eigenvalue weighted by Crippen LogP contribution is -2.24. The smallest absolute Gasteiger partial charge is 0.315 e. The molecule has 4 heteroatoms. The molecule has 0 saturated carbocycles. The summed E-state index contributed by atoms with van der Waals surface area (Å²) in [6.07, 6.45) is 2.46. The van der Waals surface area contributed by atoms with E-state index in [1.807, 2.05) is 11.8 Å². The van der Waals surface area contributed by atoms with Crippen molar-refractivity contribution in [2.75, 3.05) is 12.3 Å². The number of thioether (sulfide) groups is 1. The molecule has 0 aliphatic carbocycles. The van der Waals surface area contributed by atoms with E-state index in [1.165, 1.54) is 12.8 Å². The van der Waals surface area contributed by atoms with Gasteiger partial charge in [0.1, 0.15) is 0 Å². The molecule has 64 valence electrons. The molecule has 2 N–H and O–H groups in total. The van der Waals surface area contributed by atoms with E-state index in [0.717, 1.165) is 12.3 Å². The van der Waals surface area contributed by atoms with Crippen LogP contribution in [0.15, 0.2) is 0 Å². The minimum absolute atomic E-state index is 0.0287. The molecular formula is C7H14N2OS. The van der Waals surface area contributed by atoms with Gasteiger partial charge in [-0.15, -0.1) is 11.8 Å². The SMILES string of the molecule is CCCCSC1CNC(=O)N1. The zero-order chi connectivity index (χ0) is 8.10. The Labute approximate surface area is 71.3 Å². The van der Waals surface area contributed by atoms with Crippen LogP contribution in [0.1, 0.15) is 19.8 Å². The molecule has 0 aromatic carbocycles. The summed E-state index contributed by atoms with van der Waals surface area (Å²) >= 11 is 1.82. The monoisotopic (exact) mass is 174 g/mol. The third-order valence-corrected chi connectivity index (χ3v) is 2.77. The first kappa shape index (κ1) is 8.71. The molecule has 1 atom stereocenters. The van der Waals surface area contributed by atoms with E-state index in [0.29, 0.717) is 5.37 Å². The Bertz CT molecular complexity index is 140. The van der Waals surface area contributed by atoms with Crippen LogP contribution in [0.4, 0.5) is 4.79 Å². The van der Waals surface area contributed by atoms with Gasteiger partial charge in [0.15, 0.2) is 0 Å². The standard InChI is InChI=1S/C7H14N2OS/c1-2-3-4-11-6-5-8-7(10)9-6/h6H,2-5H2,1H3,(H2,8,9,10). The van der Waals surface area contributed by atoms with Crippen LogP contribution in [0.3, 0.4) is 0 Å². The molecule has 0 spiro atoms. The first-order valence-corrected chi connectivity index (χ1v) is 5.03. The molecule has 0 bridgehead atoms. The first-order chi connectivity index (χ1) is 5.33. The van der Waals surface area contributed by atoms with Crippen LogP contribution >= 0.6 is 11.8 Å². The molecule has 0 aromatic rings. The van der Waals surface area contributed by atoms with Gasteiger partial charge in [0.2, 0.25) is 0 Å². The first-order valence-electron chi connectivity index (χ1n) is 3.99. The Morgan fingerprint density at radius 1 is 1.73 bits per heavy atom. The summed E-state index contributed by atoms with van der Waals surface area (Å²) in [6.45, 7) is 2.94. The van der Waals surface area contributed by atoms with Crippen LogP contribution in [-0.4, -0.2) is 23.7 Å². The largest absolute Gasteiger partial charge is 0.335 e. The Kier molecular flexibility index (Phi) is 3.56. The molecule has 1 aliphatic rings. The Hall–Kier alpha value is -0.380. The number of unbranched alkanes of at least 4 members (excludes halogenated alkanes) is 1. The molecule has 1 fully saturated rings. The maximum Gasteiger partial charge on any atom is 0.315 e. The zero-order valence-corrected chi connectivity index (χ0v) is 7.54. The summed E-state index contributed by atoms with van der Waals surface area (Å²) in [4.78, 5) is 10.7. The van der Waals surface area contributed by atoms with Crippen LogP contribution in [0.5, 0.6) is 0 Å². The average molecular weight is 174 g/mol. The number of carbonyl (C=O) groups is 1. The fraction of sp³-hybridized carbons (Fsp3) is 0.857. The number of nitrogens with one attached hydrogen (secondary N) is 2. The van der Waals surface area contributed by atoms with Gasteiger partial charge in [0, 0.05) is 6.54 Å². The van der Waals surface area contributed by atoms with E-state index in [-0.39, 0.29) is 6.03 Å². The molecule has 1 unspecified atom stereocenters. The van der Waals surface area contributed by atoms with Gasteiger partial charge >= 0.3 is 6.03 Å². The van der Waals surface area contributed by atoms with E-state index in [4.69, 9.17) is 0 Å². The van der Waals surface area contributed by atoms with Crippen molar-refractivity contribution in [2.45, 2.75) is 25.1 Å². The van der Waals surface area contributed by atoms with Crippen LogP contribution in [0, 0.1) is 0 Å². The summed E-state index contributed by atoms with van der Waals surface area (Å²) < 4.78 is 0. The number of rotatable bonds is 4. The van der Waals surface area contributed by atoms with Gasteiger partial charge in [-0.3, -0.25) is 0 Å². The molecule has 1 saturated heterocycles. The Balaban J connectivity index is 2.04. The summed E-state index contributed by atoms with van der Waals surface area (Å²) in [5.74, 6) is 1.14. The van der Waals surface area contributed by atoms with Crippen LogP contribution in [0.25, 0.3) is 0 Å². The highest BCUT2D eigenvalue weighted by Crippen LogP contribution is 2.12. The maximum atomic E-state index is 10.7. The van der Waals surface area contributed by atoms with Gasteiger partial charge in [0.05, 0.1) is 5.37 Å². The number of urea groups is 1. The molecule has 1 heterocycles. The van der Waals surface area contributed by atoms with Gasteiger partial charge in [-0.25, -0.2) is 4.79 Å². The van der Waals surface area contributed by atoms with E-state index in [1.54, 1.807) is 0 Å². The topological polar surface area (TPSA) is 41.1 Å². The highest BCUT2D eigenvalue weighted by molar-refractivity contribution is 7.99. The molecule has 3 nitrogen and oxygen atoms in total. The fourth-order valence-corrected chi connectivity index (χ4v) is 2.04. The van der Waals surface area contributed by atoms with Crippen molar-refractivity contribution < 1.29 is 4.79 Å². The van der Waals surface area contributed by atoms with Crippen molar-refractivity contribution in [1.82, 2.24) is 10.6 Å². The predicted molar refractivity (Wildman–Crippen MR) is 47.7 cm³/mol. The van der Waals surface area contributed by atoms with Crippen LogP contribution in [-0.2, 0) is 0 Å². The number of hydrogen-bond donors (Lipinski definition) is 2. The van der Waals surface area contributed by atoms with Gasteiger partial charge in [-0.2, -0.15) is 0 Å². The molecule has 1 rings (SSSR count). The van der Waals surface area contributed by atoms with E-state index >= 15 is 0 Å². The highest BCUT2D eigenvalue weighted by Gasteiger charge is 2.18. The fourth-order valence-electron chi connectivity index (χ4n) is 0.904. The van der Waals surface area contributed by atoms with Gasteiger partial charge in [-0.1, -0.05) is 13.3 Å². The van der Waals surface area contributed by atoms with Crippen molar-refractivity contribution in [3.63, 3.8) is 0 Å². The lowest BCUT2D eigenvalue weighted by molar-refractivity contribution is 0.248. The van der Waals surface area contributed by atoms with Crippen LogP contribution < -0.4 is 10.6 Å². The minimum atomic E-state index is -0.0287. The normalized spacial score (nSPS) is 23.0. The second-order valence-corrected chi connectivity index (χ2v) is 3.88. The Morgan fingerprint density at radius 3 is 3.09 bits per heavy atom. The van der Waals surface area contributed by atoms with E-state index < -0.39 is 0 Å². The summed E-state index contributed by atoms with van der Waals surface area (Å²) in [6, 6.07) is -0.0287. The molecular weight excluding hydrogens is 160 g/mol. The van der Waals surface area contributed by atoms with Gasteiger partial charge in [-0.05, 0) is 12.2 Å². The number of carbonyl (C=O) groups excluding carboxylic acids is 1. The molecule has 2 amide bonds. The van der Waals surface area contributed by atoms with E-state index in [2.05, 4.69) is 17.6 Å². The van der Waals surface area contributed by atoms with Gasteiger partial charge in [0.25, 0.3) is 0 Å². The number of hydrogen-bond acceptors (Lipinski definition) is 2. The van der Waals surface area contributed by atoms with Crippen molar-refractivity contribution in [3.8, 4) is 0 Å². The highest BCUT2D eigenvalue weighted by atomic mass is 32.2. The van der Waals surface area contributed by atoms with E-state index in [9.17, 15) is 4.79 Å². The van der Waals surface area contributed by atoms with Crippen molar-refractivity contribution in [1.29, 1.82) is 0 Å². The lowest BCUT2D eigenvalue weighted by atomic mass is 10.4. The molecule has 0 aromatic heterocycles. The lowest BCUT2D eigenvalue weighted by Gasteiger charge is -2.06. The summed E-state index contributed by atoms with van der Waals surface area (Å²) in [7, 11) is 0. The maximum absolute atomic E-state index is 10.7. The molecule has 11 heavy (non-hydrogen) atoms. The summed E-state index contributed by atoms with van der Waals surface area (Å²) in [5, 5.41) is 5.85. The van der Waals surface area contributed by atoms with Crippen molar-refractivity contribution in [3.05, 3.63) is 0 Å². The van der Waals surface area contributed by atoms with Gasteiger partial charge < -0.3 is 10.6 Å². The summed E-state index contributed by atoms with van der Waals surface area (Å²) in [5.41, 5.74) is 0. The number of amides is 2. The third-order valence-electron chi connectivity index (χ3n) is 1.56. The average Bonchev–Trinajstić information content (AvgIpc) is 2.37. The molecule has 0 radical (unpaired) electrons. The van der Waals surface area contributed by atoms with Crippen molar-refractivity contribution in [2.24, 2.45) is 0 Å². The molecule has 1 aliphatic heterocycles. The third kappa shape index (κ3) is 3.01.